The highest BCUT2D eigenvalue weighted by Gasteiger charge is 2.06. The van der Waals surface area contributed by atoms with Gasteiger partial charge in [-0.3, -0.25) is 0 Å². The van der Waals surface area contributed by atoms with Gasteiger partial charge in [0.1, 0.15) is 0 Å². The van der Waals surface area contributed by atoms with E-state index in [0.717, 1.165) is 17.9 Å². The monoisotopic (exact) mass is 195 g/mol. The molecule has 0 saturated heterocycles. The van der Waals surface area contributed by atoms with Gasteiger partial charge < -0.3 is 4.74 Å². The fourth-order valence-corrected chi connectivity index (χ4v) is 1.14. The lowest BCUT2D eigenvalue weighted by Gasteiger charge is -2.09. The fourth-order valence-electron chi connectivity index (χ4n) is 1.14. The molecule has 14 heavy (non-hydrogen) atoms. The van der Waals surface area contributed by atoms with Crippen molar-refractivity contribution in [2.45, 2.75) is 27.2 Å². The van der Waals surface area contributed by atoms with E-state index in [0.29, 0.717) is 12.4 Å². The van der Waals surface area contributed by atoms with Crippen LogP contribution in [0, 0.1) is 11.7 Å². The van der Waals surface area contributed by atoms with E-state index in [1.54, 1.807) is 6.07 Å². The minimum atomic E-state index is -0.280. The third kappa shape index (κ3) is 2.72. The molecule has 0 unspecified atom stereocenters. The molecule has 1 rings (SSSR count). The molecule has 1 radical (unpaired) electrons. The SMILES string of the molecule is CCCOc1ccc([C](C)C)cc1F. The first-order chi connectivity index (χ1) is 6.65. The van der Waals surface area contributed by atoms with Crippen LogP contribution in [0.5, 0.6) is 5.75 Å². The molecule has 1 nitrogen and oxygen atoms in total. The van der Waals surface area contributed by atoms with Crippen molar-refractivity contribution < 1.29 is 9.13 Å². The molecule has 0 fully saturated rings. The summed E-state index contributed by atoms with van der Waals surface area (Å²) >= 11 is 0. The molecule has 0 aliphatic carbocycles. The van der Waals surface area contributed by atoms with E-state index in [1.807, 2.05) is 26.8 Å². The van der Waals surface area contributed by atoms with Gasteiger partial charge in [0, 0.05) is 0 Å². The molecule has 0 bridgehead atoms. The topological polar surface area (TPSA) is 9.23 Å². The normalized spacial score (nSPS) is 10.6. The second-order valence-electron chi connectivity index (χ2n) is 3.49. The van der Waals surface area contributed by atoms with Crippen molar-refractivity contribution in [3.8, 4) is 5.75 Å². The Bertz CT molecular complexity index is 294. The van der Waals surface area contributed by atoms with Crippen molar-refractivity contribution in [2.75, 3.05) is 6.61 Å². The summed E-state index contributed by atoms with van der Waals surface area (Å²) in [4.78, 5) is 0. The van der Waals surface area contributed by atoms with E-state index in [-0.39, 0.29) is 5.82 Å². The van der Waals surface area contributed by atoms with Crippen LogP contribution >= 0.6 is 0 Å². The zero-order chi connectivity index (χ0) is 10.6. The van der Waals surface area contributed by atoms with Gasteiger partial charge in [0.15, 0.2) is 11.6 Å². The minimum Gasteiger partial charge on any atom is -0.491 e. The van der Waals surface area contributed by atoms with Gasteiger partial charge in [0.2, 0.25) is 0 Å². The van der Waals surface area contributed by atoms with Crippen molar-refractivity contribution in [3.63, 3.8) is 0 Å². The average molecular weight is 195 g/mol. The predicted molar refractivity (Wildman–Crippen MR) is 55.9 cm³/mol. The molecule has 0 atom stereocenters. The second-order valence-corrected chi connectivity index (χ2v) is 3.49. The lowest BCUT2D eigenvalue weighted by molar-refractivity contribution is 0.301. The number of rotatable bonds is 4. The lowest BCUT2D eigenvalue weighted by atomic mass is 10.0. The maximum Gasteiger partial charge on any atom is 0.165 e. The van der Waals surface area contributed by atoms with Crippen LogP contribution in [-0.2, 0) is 0 Å². The van der Waals surface area contributed by atoms with E-state index in [9.17, 15) is 4.39 Å². The quantitative estimate of drug-likeness (QED) is 0.713. The zero-order valence-corrected chi connectivity index (χ0v) is 8.93. The summed E-state index contributed by atoms with van der Waals surface area (Å²) in [7, 11) is 0. The Labute approximate surface area is 84.9 Å². The summed E-state index contributed by atoms with van der Waals surface area (Å²) < 4.78 is 18.6. The van der Waals surface area contributed by atoms with Gasteiger partial charge in [-0.25, -0.2) is 4.39 Å². The largest absolute Gasteiger partial charge is 0.491 e. The Balaban J connectivity index is 2.79. The molecular weight excluding hydrogens is 179 g/mol. The van der Waals surface area contributed by atoms with Gasteiger partial charge in [-0.05, 0) is 30.0 Å². The molecule has 0 aliphatic rings. The highest BCUT2D eigenvalue weighted by atomic mass is 19.1. The summed E-state index contributed by atoms with van der Waals surface area (Å²) in [6.07, 6.45) is 0.889. The van der Waals surface area contributed by atoms with E-state index < -0.39 is 0 Å². The van der Waals surface area contributed by atoms with E-state index in [1.165, 1.54) is 6.07 Å². The molecule has 2 heteroatoms. The minimum absolute atomic E-state index is 0.280. The zero-order valence-electron chi connectivity index (χ0n) is 8.93. The number of halogens is 1. The maximum atomic E-state index is 13.4. The summed E-state index contributed by atoms with van der Waals surface area (Å²) in [5, 5.41) is 0. The van der Waals surface area contributed by atoms with Crippen LogP contribution in [0.4, 0.5) is 4.39 Å². The van der Waals surface area contributed by atoms with Crippen molar-refractivity contribution in [3.05, 3.63) is 35.5 Å². The van der Waals surface area contributed by atoms with Gasteiger partial charge in [-0.2, -0.15) is 0 Å². The molecule has 0 aliphatic heterocycles. The molecule has 0 spiro atoms. The molecule has 0 heterocycles. The van der Waals surface area contributed by atoms with Gasteiger partial charge >= 0.3 is 0 Å². The number of ether oxygens (including phenoxy) is 1. The Kier molecular flexibility index (Phi) is 3.93. The summed E-state index contributed by atoms with van der Waals surface area (Å²) in [6, 6.07) is 5.08. The van der Waals surface area contributed by atoms with Gasteiger partial charge in [0.25, 0.3) is 0 Å². The van der Waals surface area contributed by atoms with Crippen LogP contribution in [0.2, 0.25) is 0 Å². The first kappa shape index (κ1) is 11.0. The molecule has 1 aromatic carbocycles. The average Bonchev–Trinajstić information content (AvgIpc) is 2.15. The van der Waals surface area contributed by atoms with E-state index in [4.69, 9.17) is 4.74 Å². The van der Waals surface area contributed by atoms with Crippen LogP contribution in [0.25, 0.3) is 0 Å². The first-order valence-electron chi connectivity index (χ1n) is 4.88. The molecule has 0 aromatic heterocycles. The van der Waals surface area contributed by atoms with Crippen molar-refractivity contribution in [1.82, 2.24) is 0 Å². The summed E-state index contributed by atoms with van der Waals surface area (Å²) in [5.41, 5.74) is 0.923. The number of hydrogen-bond acceptors (Lipinski definition) is 1. The lowest BCUT2D eigenvalue weighted by Crippen LogP contribution is -1.98. The van der Waals surface area contributed by atoms with Gasteiger partial charge in [0.05, 0.1) is 6.61 Å². The number of benzene rings is 1. The molecule has 0 saturated carbocycles. The second kappa shape index (κ2) is 4.99. The molecule has 1 aromatic rings. The van der Waals surface area contributed by atoms with E-state index >= 15 is 0 Å². The van der Waals surface area contributed by atoms with Crippen LogP contribution in [-0.4, -0.2) is 6.61 Å². The number of hydrogen-bond donors (Lipinski definition) is 0. The standard InChI is InChI=1S/C12H16FO/c1-4-7-14-12-6-5-10(9(2)3)8-11(12)13/h5-6,8H,4,7H2,1-3H3. The summed E-state index contributed by atoms with van der Waals surface area (Å²) in [6.45, 7) is 6.48. The molecule has 77 valence electrons. The summed E-state index contributed by atoms with van der Waals surface area (Å²) in [5.74, 6) is 1.17. The highest BCUT2D eigenvalue weighted by Crippen LogP contribution is 2.22. The smallest absolute Gasteiger partial charge is 0.165 e. The van der Waals surface area contributed by atoms with Crippen LogP contribution < -0.4 is 4.74 Å². The Morgan fingerprint density at radius 2 is 2.07 bits per heavy atom. The third-order valence-electron chi connectivity index (χ3n) is 1.97. The molecule has 0 amide bonds. The Hall–Kier alpha value is -1.05. The van der Waals surface area contributed by atoms with Crippen molar-refractivity contribution in [2.24, 2.45) is 0 Å². The third-order valence-corrected chi connectivity index (χ3v) is 1.97. The molecular formula is C12H16FO. The Morgan fingerprint density at radius 1 is 1.36 bits per heavy atom. The van der Waals surface area contributed by atoms with Gasteiger partial charge in [-0.1, -0.05) is 26.8 Å². The van der Waals surface area contributed by atoms with Crippen molar-refractivity contribution in [1.29, 1.82) is 0 Å². The maximum absolute atomic E-state index is 13.4. The predicted octanol–water partition coefficient (Wildman–Crippen LogP) is 3.58. The van der Waals surface area contributed by atoms with Crippen LogP contribution in [0.1, 0.15) is 32.8 Å². The molecule has 0 N–H and O–H groups in total. The van der Waals surface area contributed by atoms with Crippen molar-refractivity contribution >= 4 is 0 Å². The fraction of sp³-hybridized carbons (Fsp3) is 0.417. The Morgan fingerprint density at radius 3 is 2.57 bits per heavy atom. The first-order valence-corrected chi connectivity index (χ1v) is 4.88. The van der Waals surface area contributed by atoms with Crippen LogP contribution in [0.3, 0.4) is 0 Å². The van der Waals surface area contributed by atoms with Gasteiger partial charge in [-0.15, -0.1) is 0 Å². The van der Waals surface area contributed by atoms with Crippen LogP contribution in [0.15, 0.2) is 18.2 Å². The highest BCUT2D eigenvalue weighted by molar-refractivity contribution is 5.35. The van der Waals surface area contributed by atoms with E-state index in [2.05, 4.69) is 0 Å².